The Bertz CT molecular complexity index is 532. The number of allylic oxidation sites excluding steroid dienone is 2. The van der Waals surface area contributed by atoms with Crippen LogP contribution in [0, 0.1) is 5.92 Å². The third-order valence-electron chi connectivity index (χ3n) is 3.00. The van der Waals surface area contributed by atoms with E-state index in [1.54, 1.807) is 18.0 Å². The van der Waals surface area contributed by atoms with Gasteiger partial charge < -0.3 is 5.73 Å². The molecule has 1 atom stereocenters. The fourth-order valence-electron chi connectivity index (χ4n) is 2.15. The van der Waals surface area contributed by atoms with Gasteiger partial charge in [-0.2, -0.15) is 0 Å². The third kappa shape index (κ3) is 2.49. The molecular weight excluding hydrogens is 260 g/mol. The molecule has 2 aliphatic rings. The highest BCUT2D eigenvalue weighted by Crippen LogP contribution is 2.45. The molecule has 0 aromatic heterocycles. The van der Waals surface area contributed by atoms with Gasteiger partial charge in [-0.1, -0.05) is 42.1 Å². The highest BCUT2D eigenvalue weighted by Gasteiger charge is 2.27. The third-order valence-corrected chi connectivity index (χ3v) is 5.45. The number of nitrogens with two attached hydrogens (primary N) is 1. The van der Waals surface area contributed by atoms with Crippen LogP contribution < -0.4 is 5.73 Å². The minimum Gasteiger partial charge on any atom is -0.392 e. The number of nitrogens with zero attached hydrogens (tertiary/aromatic N) is 1. The molecule has 0 amide bonds. The summed E-state index contributed by atoms with van der Waals surface area (Å²) in [7, 11) is 0. The molecule has 92 valence electrons. The van der Waals surface area contributed by atoms with Gasteiger partial charge in [0.2, 0.25) is 0 Å². The lowest BCUT2D eigenvalue weighted by Crippen LogP contribution is -2.06. The molecule has 2 aliphatic heterocycles. The van der Waals surface area contributed by atoms with Gasteiger partial charge in [0.15, 0.2) is 0 Å². The van der Waals surface area contributed by atoms with Gasteiger partial charge >= 0.3 is 0 Å². The van der Waals surface area contributed by atoms with E-state index in [9.17, 15) is 0 Å². The Balaban J connectivity index is 1.81. The molecular formula is C14H14N2S2. The summed E-state index contributed by atoms with van der Waals surface area (Å²) in [5, 5.41) is 0.789. The summed E-state index contributed by atoms with van der Waals surface area (Å²) in [5.41, 5.74) is 7.30. The first-order valence-corrected chi connectivity index (χ1v) is 7.70. The molecule has 1 aromatic carbocycles. The highest BCUT2D eigenvalue weighted by molar-refractivity contribution is 8.10. The fraction of sp³-hybridized carbons (Fsp3) is 0.214. The van der Waals surface area contributed by atoms with Crippen LogP contribution >= 0.6 is 23.5 Å². The highest BCUT2D eigenvalue weighted by atomic mass is 32.2. The van der Waals surface area contributed by atoms with Gasteiger partial charge in [0.25, 0.3) is 0 Å². The van der Waals surface area contributed by atoms with Crippen molar-refractivity contribution in [3.63, 3.8) is 0 Å². The molecule has 3 rings (SSSR count). The average molecular weight is 274 g/mol. The minimum absolute atomic E-state index is 0.564. The number of rotatable bonds is 2. The van der Waals surface area contributed by atoms with Crippen molar-refractivity contribution >= 4 is 29.7 Å². The zero-order chi connectivity index (χ0) is 12.4. The normalized spacial score (nSPS) is 22.7. The van der Waals surface area contributed by atoms with Gasteiger partial charge in [-0.3, -0.25) is 4.99 Å². The predicted molar refractivity (Wildman–Crippen MR) is 81.5 cm³/mol. The predicted octanol–water partition coefficient (Wildman–Crippen LogP) is 3.38. The zero-order valence-corrected chi connectivity index (χ0v) is 11.5. The first-order valence-electron chi connectivity index (χ1n) is 5.90. The minimum atomic E-state index is 0.564. The summed E-state index contributed by atoms with van der Waals surface area (Å²) in [5.74, 6) is 1.69. The second-order valence-corrected chi connectivity index (χ2v) is 6.52. The Morgan fingerprint density at radius 3 is 2.94 bits per heavy atom. The molecule has 1 unspecified atom stereocenters. The van der Waals surface area contributed by atoms with Gasteiger partial charge in [0, 0.05) is 27.7 Å². The Morgan fingerprint density at radius 2 is 2.11 bits per heavy atom. The molecule has 1 aromatic rings. The number of hydrogen-bond donors (Lipinski definition) is 1. The maximum atomic E-state index is 5.91. The summed E-state index contributed by atoms with van der Waals surface area (Å²) >= 11 is 3.57. The van der Waals surface area contributed by atoms with E-state index in [0.29, 0.717) is 5.92 Å². The Labute approximate surface area is 115 Å². The van der Waals surface area contributed by atoms with E-state index in [4.69, 9.17) is 5.73 Å². The molecule has 2 heterocycles. The van der Waals surface area contributed by atoms with Crippen LogP contribution in [-0.2, 0) is 6.42 Å². The van der Waals surface area contributed by atoms with Gasteiger partial charge in [-0.25, -0.2) is 0 Å². The molecule has 0 radical (unpaired) electrons. The summed E-state index contributed by atoms with van der Waals surface area (Å²) < 4.78 is 0. The molecule has 0 bridgehead atoms. The molecule has 4 heteroatoms. The van der Waals surface area contributed by atoms with Crippen molar-refractivity contribution in [3.8, 4) is 0 Å². The van der Waals surface area contributed by atoms with Crippen LogP contribution in [0.5, 0.6) is 0 Å². The largest absolute Gasteiger partial charge is 0.392 e. The first kappa shape index (κ1) is 11.9. The van der Waals surface area contributed by atoms with E-state index in [0.717, 1.165) is 17.2 Å². The van der Waals surface area contributed by atoms with Crippen LogP contribution in [0.2, 0.25) is 0 Å². The van der Waals surface area contributed by atoms with E-state index >= 15 is 0 Å². The second kappa shape index (κ2) is 5.24. The zero-order valence-electron chi connectivity index (χ0n) is 9.87. The monoisotopic (exact) mass is 274 g/mol. The summed E-state index contributed by atoms with van der Waals surface area (Å²) in [6.45, 7) is 0. The Hall–Kier alpha value is -1.13. The molecule has 0 fully saturated rings. The van der Waals surface area contributed by atoms with Crippen LogP contribution in [0.3, 0.4) is 0 Å². The number of hydrogen-bond acceptors (Lipinski definition) is 4. The van der Waals surface area contributed by atoms with Crippen LogP contribution in [0.4, 0.5) is 0 Å². The molecule has 0 spiro atoms. The molecule has 2 nitrogen and oxygen atoms in total. The van der Waals surface area contributed by atoms with E-state index in [1.807, 2.05) is 18.0 Å². The smallest absolute Gasteiger partial charge is 0.0887 e. The summed E-state index contributed by atoms with van der Waals surface area (Å²) in [4.78, 5) is 6.90. The number of aliphatic imine (C=N–C) groups is 1. The summed E-state index contributed by atoms with van der Waals surface area (Å²) in [6, 6.07) is 10.6. The lowest BCUT2D eigenvalue weighted by Gasteiger charge is -2.13. The summed E-state index contributed by atoms with van der Waals surface area (Å²) in [6.07, 6.45) is 4.77. The van der Waals surface area contributed by atoms with Gasteiger partial charge in [-0.15, -0.1) is 11.8 Å². The SMILES string of the molecule is NC1=CN=CC2=C(S1)C(Cc1ccccc1)CS2. The Kier molecular flexibility index (Phi) is 3.48. The lowest BCUT2D eigenvalue weighted by molar-refractivity contribution is 0.734. The van der Waals surface area contributed by atoms with Gasteiger partial charge in [0.1, 0.15) is 0 Å². The molecule has 0 saturated heterocycles. The maximum Gasteiger partial charge on any atom is 0.0887 e. The van der Waals surface area contributed by atoms with Crippen LogP contribution in [0.15, 0.2) is 56.4 Å². The molecule has 2 N–H and O–H groups in total. The standard InChI is InChI=1S/C14H14N2S2/c15-13-8-16-7-12-14(18-13)11(9-17-12)6-10-4-2-1-3-5-10/h1-5,7-8,11H,6,9,15H2. The number of benzene rings is 1. The van der Waals surface area contributed by atoms with Crippen molar-refractivity contribution in [3.05, 3.63) is 56.9 Å². The lowest BCUT2D eigenvalue weighted by atomic mass is 10.0. The van der Waals surface area contributed by atoms with Crippen molar-refractivity contribution in [1.82, 2.24) is 0 Å². The molecule has 18 heavy (non-hydrogen) atoms. The number of thioether (sulfide) groups is 2. The molecule has 0 aliphatic carbocycles. The van der Waals surface area contributed by atoms with Crippen LogP contribution in [0.25, 0.3) is 0 Å². The van der Waals surface area contributed by atoms with Crippen molar-refractivity contribution < 1.29 is 0 Å². The maximum absolute atomic E-state index is 5.91. The van der Waals surface area contributed by atoms with Crippen LogP contribution in [0.1, 0.15) is 5.56 Å². The van der Waals surface area contributed by atoms with Crippen molar-refractivity contribution in [2.45, 2.75) is 6.42 Å². The van der Waals surface area contributed by atoms with E-state index < -0.39 is 0 Å². The second-order valence-electron chi connectivity index (χ2n) is 4.34. The van der Waals surface area contributed by atoms with E-state index in [-0.39, 0.29) is 0 Å². The quantitative estimate of drug-likeness (QED) is 0.898. The van der Waals surface area contributed by atoms with E-state index in [2.05, 4.69) is 35.3 Å². The first-order chi connectivity index (χ1) is 8.83. The van der Waals surface area contributed by atoms with Gasteiger partial charge in [-0.05, 0) is 12.0 Å². The fourth-order valence-corrected chi connectivity index (χ4v) is 4.53. The van der Waals surface area contributed by atoms with E-state index in [1.165, 1.54) is 15.4 Å². The van der Waals surface area contributed by atoms with Crippen LogP contribution in [-0.4, -0.2) is 12.0 Å². The van der Waals surface area contributed by atoms with Crippen molar-refractivity contribution in [2.75, 3.05) is 5.75 Å². The van der Waals surface area contributed by atoms with Crippen molar-refractivity contribution in [2.24, 2.45) is 16.6 Å². The van der Waals surface area contributed by atoms with Gasteiger partial charge in [0.05, 0.1) is 11.2 Å². The van der Waals surface area contributed by atoms with Crippen molar-refractivity contribution in [1.29, 1.82) is 0 Å². The molecule has 0 saturated carbocycles. The topological polar surface area (TPSA) is 38.4 Å². The average Bonchev–Trinajstić information content (AvgIpc) is 2.64. The Morgan fingerprint density at radius 1 is 1.28 bits per heavy atom.